The van der Waals surface area contributed by atoms with Gasteiger partial charge in [0, 0.05) is 37.3 Å². The zero-order valence-corrected chi connectivity index (χ0v) is 17.7. The SMILES string of the molecule is Cc1cc2c(C)cc(-c3cnc(N(C)C)s3)nc2cc1NC(=O)C1CCCC1. The molecule has 0 spiro atoms. The normalized spacial score (nSPS) is 14.6. The molecule has 6 heteroatoms. The number of amides is 1. The first-order chi connectivity index (χ1) is 13.4. The molecule has 2 aromatic heterocycles. The second kappa shape index (κ2) is 7.51. The largest absolute Gasteiger partial charge is 0.354 e. The van der Waals surface area contributed by atoms with Gasteiger partial charge >= 0.3 is 0 Å². The lowest BCUT2D eigenvalue weighted by Crippen LogP contribution is -2.20. The van der Waals surface area contributed by atoms with Gasteiger partial charge in [-0.25, -0.2) is 9.97 Å². The summed E-state index contributed by atoms with van der Waals surface area (Å²) in [4.78, 5) is 25.0. The second-order valence-corrected chi connectivity index (χ2v) is 8.89. The third-order valence-electron chi connectivity index (χ3n) is 5.47. The molecule has 1 fully saturated rings. The summed E-state index contributed by atoms with van der Waals surface area (Å²) < 4.78 is 0. The minimum atomic E-state index is 0.144. The monoisotopic (exact) mass is 394 g/mol. The highest BCUT2D eigenvalue weighted by Crippen LogP contribution is 2.33. The average molecular weight is 395 g/mol. The van der Waals surface area contributed by atoms with Crippen LogP contribution in [-0.2, 0) is 4.79 Å². The van der Waals surface area contributed by atoms with E-state index in [1.807, 2.05) is 38.2 Å². The van der Waals surface area contributed by atoms with Crippen molar-refractivity contribution in [2.45, 2.75) is 39.5 Å². The molecule has 28 heavy (non-hydrogen) atoms. The lowest BCUT2D eigenvalue weighted by atomic mass is 10.0. The van der Waals surface area contributed by atoms with E-state index in [-0.39, 0.29) is 11.8 Å². The van der Waals surface area contributed by atoms with E-state index in [1.54, 1.807) is 11.3 Å². The average Bonchev–Trinajstić information content (AvgIpc) is 3.35. The second-order valence-electron chi connectivity index (χ2n) is 7.88. The van der Waals surface area contributed by atoms with Gasteiger partial charge in [-0.3, -0.25) is 4.79 Å². The number of benzene rings is 1. The van der Waals surface area contributed by atoms with Crippen LogP contribution >= 0.6 is 11.3 Å². The van der Waals surface area contributed by atoms with Crippen molar-refractivity contribution in [1.82, 2.24) is 9.97 Å². The number of nitrogens with zero attached hydrogens (tertiary/aromatic N) is 3. The minimum Gasteiger partial charge on any atom is -0.354 e. The Bertz CT molecular complexity index is 1030. The van der Waals surface area contributed by atoms with Gasteiger partial charge < -0.3 is 10.2 Å². The molecular weight excluding hydrogens is 368 g/mol. The van der Waals surface area contributed by atoms with E-state index >= 15 is 0 Å². The summed E-state index contributed by atoms with van der Waals surface area (Å²) in [6.07, 6.45) is 6.19. The van der Waals surface area contributed by atoms with Crippen molar-refractivity contribution in [3.05, 3.63) is 35.5 Å². The van der Waals surface area contributed by atoms with Crippen molar-refractivity contribution >= 4 is 39.0 Å². The highest BCUT2D eigenvalue weighted by molar-refractivity contribution is 7.18. The molecule has 4 rings (SSSR count). The zero-order chi connectivity index (χ0) is 19.8. The van der Waals surface area contributed by atoms with Crippen molar-refractivity contribution in [1.29, 1.82) is 0 Å². The van der Waals surface area contributed by atoms with Crippen molar-refractivity contribution in [3.63, 3.8) is 0 Å². The molecule has 0 unspecified atom stereocenters. The van der Waals surface area contributed by atoms with Crippen LogP contribution in [-0.4, -0.2) is 30.0 Å². The van der Waals surface area contributed by atoms with Gasteiger partial charge in [0.2, 0.25) is 5.91 Å². The number of nitrogens with one attached hydrogen (secondary N) is 1. The Morgan fingerprint density at radius 3 is 2.57 bits per heavy atom. The molecule has 1 aromatic carbocycles. The first kappa shape index (κ1) is 18.9. The van der Waals surface area contributed by atoms with Crippen molar-refractivity contribution < 1.29 is 4.79 Å². The number of hydrogen-bond donors (Lipinski definition) is 1. The Morgan fingerprint density at radius 2 is 1.89 bits per heavy atom. The van der Waals surface area contributed by atoms with Crippen LogP contribution in [0.15, 0.2) is 24.4 Å². The standard InChI is InChI=1S/C22H26N4OS/c1-13-10-19(20-12-23-22(28-20)26(3)4)24-18-11-17(14(2)9-16(13)18)25-21(27)15-7-5-6-8-15/h9-12,15H,5-8H2,1-4H3,(H,25,27). The van der Waals surface area contributed by atoms with E-state index in [2.05, 4.69) is 29.4 Å². The van der Waals surface area contributed by atoms with Gasteiger partial charge in [0.1, 0.15) is 0 Å². The van der Waals surface area contributed by atoms with Gasteiger partial charge in [0.05, 0.1) is 16.1 Å². The molecule has 0 bridgehead atoms. The van der Waals surface area contributed by atoms with Crippen LogP contribution in [0, 0.1) is 19.8 Å². The minimum absolute atomic E-state index is 0.144. The number of pyridine rings is 1. The van der Waals surface area contributed by atoms with E-state index in [1.165, 1.54) is 5.56 Å². The predicted molar refractivity (Wildman–Crippen MR) is 117 cm³/mol. The van der Waals surface area contributed by atoms with Crippen LogP contribution in [0.4, 0.5) is 10.8 Å². The molecule has 1 saturated carbocycles. The van der Waals surface area contributed by atoms with Crippen LogP contribution in [0.1, 0.15) is 36.8 Å². The van der Waals surface area contributed by atoms with Crippen LogP contribution in [0.3, 0.4) is 0 Å². The van der Waals surface area contributed by atoms with Gasteiger partial charge in [-0.2, -0.15) is 0 Å². The van der Waals surface area contributed by atoms with E-state index in [0.717, 1.165) is 63.5 Å². The van der Waals surface area contributed by atoms with Crippen molar-refractivity contribution in [3.8, 4) is 10.6 Å². The predicted octanol–water partition coefficient (Wildman–Crippen LogP) is 5.17. The maximum Gasteiger partial charge on any atom is 0.227 e. The number of fused-ring (bicyclic) bond motifs is 1. The first-order valence-electron chi connectivity index (χ1n) is 9.79. The van der Waals surface area contributed by atoms with E-state index in [4.69, 9.17) is 4.98 Å². The van der Waals surface area contributed by atoms with Gasteiger partial charge in [0.15, 0.2) is 5.13 Å². The third-order valence-corrected chi connectivity index (χ3v) is 6.66. The summed E-state index contributed by atoms with van der Waals surface area (Å²) in [5.74, 6) is 0.295. The molecule has 146 valence electrons. The molecule has 3 aromatic rings. The molecule has 5 nitrogen and oxygen atoms in total. The van der Waals surface area contributed by atoms with Crippen LogP contribution in [0.5, 0.6) is 0 Å². The smallest absolute Gasteiger partial charge is 0.227 e. The summed E-state index contributed by atoms with van der Waals surface area (Å²) in [6, 6.07) is 6.26. The highest BCUT2D eigenvalue weighted by Gasteiger charge is 2.23. The number of carbonyl (C=O) groups is 1. The number of carbonyl (C=O) groups excluding carboxylic acids is 1. The number of hydrogen-bond acceptors (Lipinski definition) is 5. The summed E-state index contributed by atoms with van der Waals surface area (Å²) in [5, 5.41) is 5.23. The lowest BCUT2D eigenvalue weighted by molar-refractivity contribution is -0.119. The van der Waals surface area contributed by atoms with Gasteiger partial charge in [-0.15, -0.1) is 0 Å². The Hall–Kier alpha value is -2.47. The Labute approximate surface area is 169 Å². The van der Waals surface area contributed by atoms with Crippen molar-refractivity contribution in [2.24, 2.45) is 5.92 Å². The number of aryl methyl sites for hydroxylation is 2. The van der Waals surface area contributed by atoms with E-state index in [9.17, 15) is 4.79 Å². The number of rotatable bonds is 4. The van der Waals surface area contributed by atoms with Gasteiger partial charge in [0.25, 0.3) is 0 Å². The summed E-state index contributed by atoms with van der Waals surface area (Å²) in [7, 11) is 3.98. The first-order valence-corrected chi connectivity index (χ1v) is 10.6. The van der Waals surface area contributed by atoms with Gasteiger partial charge in [-0.05, 0) is 56.0 Å². The number of thiazole rings is 1. The molecule has 0 atom stereocenters. The quantitative estimate of drug-likeness (QED) is 0.663. The Morgan fingerprint density at radius 1 is 1.14 bits per heavy atom. The molecule has 2 heterocycles. The van der Waals surface area contributed by atoms with Crippen LogP contribution in [0.2, 0.25) is 0 Å². The molecular formula is C22H26N4OS. The molecule has 0 radical (unpaired) electrons. The zero-order valence-electron chi connectivity index (χ0n) is 16.9. The molecule has 0 saturated heterocycles. The number of anilines is 2. The fraction of sp³-hybridized carbons (Fsp3) is 0.409. The summed E-state index contributed by atoms with van der Waals surface area (Å²) >= 11 is 1.63. The molecule has 0 aliphatic heterocycles. The Kier molecular flexibility index (Phi) is 5.06. The molecule has 1 N–H and O–H groups in total. The lowest BCUT2D eigenvalue weighted by Gasteiger charge is -2.14. The molecule has 1 amide bonds. The summed E-state index contributed by atoms with van der Waals surface area (Å²) in [6.45, 7) is 4.15. The topological polar surface area (TPSA) is 58.1 Å². The van der Waals surface area contributed by atoms with Gasteiger partial charge in [-0.1, -0.05) is 24.2 Å². The maximum atomic E-state index is 12.6. The third kappa shape index (κ3) is 3.61. The van der Waals surface area contributed by atoms with E-state index in [0.29, 0.717) is 0 Å². The molecule has 1 aliphatic carbocycles. The number of aromatic nitrogens is 2. The fourth-order valence-electron chi connectivity index (χ4n) is 3.82. The van der Waals surface area contributed by atoms with Crippen LogP contribution < -0.4 is 10.2 Å². The summed E-state index contributed by atoms with van der Waals surface area (Å²) in [5.41, 5.74) is 4.95. The van der Waals surface area contributed by atoms with Crippen molar-refractivity contribution in [2.75, 3.05) is 24.3 Å². The Balaban J connectivity index is 1.70. The van der Waals surface area contributed by atoms with E-state index < -0.39 is 0 Å². The maximum absolute atomic E-state index is 12.6. The fourth-order valence-corrected chi connectivity index (χ4v) is 4.62. The molecule has 1 aliphatic rings. The van der Waals surface area contributed by atoms with Crippen LogP contribution in [0.25, 0.3) is 21.5 Å². The highest BCUT2D eigenvalue weighted by atomic mass is 32.1.